The number of unbranched alkanes of at least 4 members (excludes halogenated alkanes) is 1. The van der Waals surface area contributed by atoms with Crippen LogP contribution in [0.2, 0.25) is 5.02 Å². The number of carbonyl (C=O) groups excluding carboxylic acids is 2. The Kier molecular flexibility index (Phi) is 9.91. The highest BCUT2D eigenvalue weighted by Gasteiger charge is 2.23. The Hall–Kier alpha value is -4.17. The minimum absolute atomic E-state index is 0.0412. The summed E-state index contributed by atoms with van der Waals surface area (Å²) in [7, 11) is 0. The van der Waals surface area contributed by atoms with Crippen molar-refractivity contribution in [2.24, 2.45) is 0 Å². The maximum absolute atomic E-state index is 13.7. The van der Waals surface area contributed by atoms with Gasteiger partial charge in [0.25, 0.3) is 5.91 Å². The quantitative estimate of drug-likeness (QED) is 0.216. The van der Waals surface area contributed by atoms with Gasteiger partial charge < -0.3 is 19.0 Å². The molecule has 2 amide bonds. The van der Waals surface area contributed by atoms with E-state index in [0.29, 0.717) is 45.8 Å². The monoisotopic (exact) mass is 564 g/mol. The number of benzene rings is 3. The first-order valence-electron chi connectivity index (χ1n) is 13.0. The molecule has 0 aliphatic heterocycles. The number of ether oxygens (including phenoxy) is 1. The van der Waals surface area contributed by atoms with E-state index in [-0.39, 0.29) is 43.5 Å². The first-order valence-corrected chi connectivity index (χ1v) is 13.4. The van der Waals surface area contributed by atoms with Crippen molar-refractivity contribution in [1.82, 2.24) is 9.80 Å². The molecule has 208 valence electrons. The van der Waals surface area contributed by atoms with Crippen molar-refractivity contribution in [2.75, 3.05) is 19.7 Å². The summed E-state index contributed by atoms with van der Waals surface area (Å²) in [6.07, 6.45) is 2.88. The lowest BCUT2D eigenvalue weighted by Gasteiger charge is -2.28. The van der Waals surface area contributed by atoms with Crippen LogP contribution in [0.1, 0.15) is 30.9 Å². The van der Waals surface area contributed by atoms with Crippen molar-refractivity contribution in [3.63, 3.8) is 0 Å². The van der Waals surface area contributed by atoms with Gasteiger partial charge in [-0.1, -0.05) is 49.2 Å². The number of carbonyl (C=O) groups is 2. The fourth-order valence-electron chi connectivity index (χ4n) is 4.15. The SMILES string of the molecule is CCCCN(CC(=O)N(Cc1ccc(F)cc1)Cc1coc2ccccc2c1=O)C(=O)COc1ccc(Cl)cc1. The number of rotatable bonds is 12. The lowest BCUT2D eigenvalue weighted by molar-refractivity contribution is -0.142. The first kappa shape index (κ1) is 28.8. The molecule has 0 aliphatic rings. The van der Waals surface area contributed by atoms with Crippen molar-refractivity contribution in [2.45, 2.75) is 32.9 Å². The van der Waals surface area contributed by atoms with Crippen molar-refractivity contribution >= 4 is 34.4 Å². The molecule has 4 aromatic rings. The van der Waals surface area contributed by atoms with Gasteiger partial charge in [0.1, 0.15) is 17.1 Å². The number of amides is 2. The van der Waals surface area contributed by atoms with Gasteiger partial charge in [-0.3, -0.25) is 14.4 Å². The second-order valence-corrected chi connectivity index (χ2v) is 9.81. The predicted molar refractivity (Wildman–Crippen MR) is 152 cm³/mol. The normalized spacial score (nSPS) is 10.9. The number of nitrogens with zero attached hydrogens (tertiary/aromatic N) is 2. The Morgan fingerprint density at radius 2 is 1.65 bits per heavy atom. The van der Waals surface area contributed by atoms with E-state index in [1.54, 1.807) is 60.7 Å². The second-order valence-electron chi connectivity index (χ2n) is 9.37. The van der Waals surface area contributed by atoms with Crippen LogP contribution in [0.3, 0.4) is 0 Å². The molecule has 0 unspecified atom stereocenters. The zero-order valence-electron chi connectivity index (χ0n) is 22.1. The van der Waals surface area contributed by atoms with E-state index >= 15 is 0 Å². The average molecular weight is 565 g/mol. The van der Waals surface area contributed by atoms with Gasteiger partial charge in [-0.2, -0.15) is 0 Å². The van der Waals surface area contributed by atoms with E-state index in [0.717, 1.165) is 6.42 Å². The van der Waals surface area contributed by atoms with Crippen LogP contribution in [0.4, 0.5) is 4.39 Å². The topological polar surface area (TPSA) is 80.1 Å². The van der Waals surface area contributed by atoms with E-state index < -0.39 is 5.82 Å². The van der Waals surface area contributed by atoms with Gasteiger partial charge in [-0.25, -0.2) is 4.39 Å². The van der Waals surface area contributed by atoms with E-state index in [1.165, 1.54) is 28.2 Å². The molecule has 0 N–H and O–H groups in total. The summed E-state index contributed by atoms with van der Waals surface area (Å²) in [5.74, 6) is -0.620. The smallest absolute Gasteiger partial charge is 0.260 e. The molecular formula is C31H30ClFN2O5. The second kappa shape index (κ2) is 13.8. The molecule has 9 heteroatoms. The van der Waals surface area contributed by atoms with Gasteiger partial charge in [-0.05, 0) is 60.5 Å². The number of halogens is 2. The molecule has 0 spiro atoms. The fraction of sp³-hybridized carbons (Fsp3) is 0.258. The minimum Gasteiger partial charge on any atom is -0.484 e. The number of hydrogen-bond donors (Lipinski definition) is 0. The van der Waals surface area contributed by atoms with Gasteiger partial charge in [0, 0.05) is 18.1 Å². The largest absolute Gasteiger partial charge is 0.484 e. The van der Waals surface area contributed by atoms with Crippen LogP contribution in [-0.4, -0.2) is 41.3 Å². The lowest BCUT2D eigenvalue weighted by atomic mass is 10.1. The molecule has 1 aromatic heterocycles. The van der Waals surface area contributed by atoms with Gasteiger partial charge in [0.2, 0.25) is 5.91 Å². The first-order chi connectivity index (χ1) is 19.3. The van der Waals surface area contributed by atoms with Crippen LogP contribution in [0.25, 0.3) is 11.0 Å². The molecule has 0 radical (unpaired) electrons. The fourth-order valence-corrected chi connectivity index (χ4v) is 4.27. The highest BCUT2D eigenvalue weighted by atomic mass is 35.5. The van der Waals surface area contributed by atoms with Crippen LogP contribution in [0.15, 0.2) is 88.3 Å². The third kappa shape index (κ3) is 7.70. The summed E-state index contributed by atoms with van der Waals surface area (Å²) in [6, 6.07) is 19.3. The van der Waals surface area contributed by atoms with Crippen LogP contribution in [0, 0.1) is 5.82 Å². The Bertz CT molecular complexity index is 1510. The van der Waals surface area contributed by atoms with Gasteiger partial charge in [0.05, 0.1) is 30.3 Å². The summed E-state index contributed by atoms with van der Waals surface area (Å²) >= 11 is 5.91. The van der Waals surface area contributed by atoms with E-state index in [9.17, 15) is 18.8 Å². The summed E-state index contributed by atoms with van der Waals surface area (Å²) in [5.41, 5.74) is 1.18. The lowest BCUT2D eigenvalue weighted by Crippen LogP contribution is -2.44. The van der Waals surface area contributed by atoms with Crippen molar-refractivity contribution in [3.8, 4) is 5.75 Å². The molecule has 0 saturated carbocycles. The summed E-state index contributed by atoms with van der Waals surface area (Å²) in [4.78, 5) is 42.8. The average Bonchev–Trinajstić information content (AvgIpc) is 2.96. The summed E-state index contributed by atoms with van der Waals surface area (Å²) in [5, 5.41) is 0.962. The zero-order valence-corrected chi connectivity index (χ0v) is 22.9. The maximum Gasteiger partial charge on any atom is 0.260 e. The van der Waals surface area contributed by atoms with Crippen LogP contribution in [0.5, 0.6) is 5.75 Å². The molecule has 0 fully saturated rings. The van der Waals surface area contributed by atoms with Crippen molar-refractivity contribution in [3.05, 3.63) is 111 Å². The number of hydrogen-bond acceptors (Lipinski definition) is 5. The van der Waals surface area contributed by atoms with E-state index in [2.05, 4.69) is 0 Å². The molecule has 0 aliphatic carbocycles. The van der Waals surface area contributed by atoms with E-state index in [4.69, 9.17) is 20.8 Å². The van der Waals surface area contributed by atoms with Gasteiger partial charge in [0.15, 0.2) is 12.0 Å². The molecule has 0 saturated heterocycles. The third-order valence-electron chi connectivity index (χ3n) is 6.39. The number of para-hydroxylation sites is 1. The molecule has 0 bridgehead atoms. The zero-order chi connectivity index (χ0) is 28.5. The Balaban J connectivity index is 1.54. The highest BCUT2D eigenvalue weighted by Crippen LogP contribution is 2.17. The van der Waals surface area contributed by atoms with Gasteiger partial charge in [-0.15, -0.1) is 0 Å². The van der Waals surface area contributed by atoms with Crippen LogP contribution < -0.4 is 10.2 Å². The Labute approximate surface area is 236 Å². The Morgan fingerprint density at radius 1 is 0.925 bits per heavy atom. The summed E-state index contributed by atoms with van der Waals surface area (Å²) in [6.45, 7) is 1.98. The molecule has 3 aromatic carbocycles. The van der Waals surface area contributed by atoms with Gasteiger partial charge >= 0.3 is 0 Å². The standard InChI is InChI=1S/C31H30ClFN2O5/c1-2-3-16-34(30(37)21-39-26-14-10-24(32)11-15-26)19-29(36)35(17-22-8-12-25(33)13-9-22)18-23-20-40-28-7-5-4-6-27(28)31(23)38/h4-15,20H,2-3,16-19,21H2,1H3. The van der Waals surface area contributed by atoms with E-state index in [1.807, 2.05) is 6.92 Å². The third-order valence-corrected chi connectivity index (χ3v) is 6.64. The molecule has 4 rings (SSSR count). The molecule has 7 nitrogen and oxygen atoms in total. The number of fused-ring (bicyclic) bond motifs is 1. The predicted octanol–water partition coefficient (Wildman–Crippen LogP) is 5.82. The van der Waals surface area contributed by atoms with Crippen LogP contribution >= 0.6 is 11.6 Å². The minimum atomic E-state index is -0.395. The molecular weight excluding hydrogens is 535 g/mol. The molecule has 40 heavy (non-hydrogen) atoms. The molecule has 0 atom stereocenters. The maximum atomic E-state index is 13.7. The van der Waals surface area contributed by atoms with Crippen molar-refractivity contribution in [1.29, 1.82) is 0 Å². The van der Waals surface area contributed by atoms with Crippen LogP contribution in [-0.2, 0) is 22.7 Å². The summed E-state index contributed by atoms with van der Waals surface area (Å²) < 4.78 is 24.8. The van der Waals surface area contributed by atoms with Crippen molar-refractivity contribution < 1.29 is 23.1 Å². The Morgan fingerprint density at radius 3 is 2.38 bits per heavy atom. The highest BCUT2D eigenvalue weighted by molar-refractivity contribution is 6.30. The molecule has 1 heterocycles.